The highest BCUT2D eigenvalue weighted by molar-refractivity contribution is 7.93. The van der Waals surface area contributed by atoms with Crippen LogP contribution in [0.2, 0.25) is 0 Å². The first-order chi connectivity index (χ1) is 16.2. The summed E-state index contributed by atoms with van der Waals surface area (Å²) in [5.74, 6) is -4.41. The lowest BCUT2D eigenvalue weighted by molar-refractivity contribution is 0.372. The second-order valence-electron chi connectivity index (χ2n) is 6.21. The maximum atomic E-state index is 12.5. The highest BCUT2D eigenvalue weighted by atomic mass is 32.2. The van der Waals surface area contributed by atoms with E-state index in [9.17, 15) is 39.3 Å². The summed E-state index contributed by atoms with van der Waals surface area (Å²) in [6.07, 6.45) is -6.44. The van der Waals surface area contributed by atoms with Crippen molar-refractivity contribution in [2.75, 3.05) is 11.5 Å². The predicted molar refractivity (Wildman–Crippen MR) is 116 cm³/mol. The summed E-state index contributed by atoms with van der Waals surface area (Å²) >= 11 is -0.0932. The Bertz CT molecular complexity index is 1300. The van der Waals surface area contributed by atoms with E-state index in [1.807, 2.05) is 6.07 Å². The van der Waals surface area contributed by atoms with Crippen molar-refractivity contribution in [2.24, 2.45) is 0 Å². The lowest BCUT2D eigenvalue weighted by Gasteiger charge is -2.04. The van der Waals surface area contributed by atoms with Gasteiger partial charge in [0.1, 0.15) is 27.6 Å². The average Bonchev–Trinajstić information content (AvgIpc) is 3.38. The molecule has 2 aromatic heterocycles. The third-order valence-electron chi connectivity index (χ3n) is 3.73. The summed E-state index contributed by atoms with van der Waals surface area (Å²) in [5, 5.41) is 17.3. The summed E-state index contributed by atoms with van der Waals surface area (Å²) < 4.78 is 107. The second-order valence-corrected chi connectivity index (χ2v) is 12.2. The number of thiazole rings is 2. The number of rotatable bonds is 8. The molecule has 0 aliphatic heterocycles. The maximum Gasteiger partial charge on any atom is 0.303 e. The molecule has 2 rings (SSSR count). The lowest BCUT2D eigenvalue weighted by Crippen LogP contribution is -2.07. The fourth-order valence-electron chi connectivity index (χ4n) is 1.95. The number of hydrogen-bond acceptors (Lipinski definition) is 9. The fourth-order valence-corrected chi connectivity index (χ4v) is 6.70. The van der Waals surface area contributed by atoms with Crippen molar-refractivity contribution in [3.05, 3.63) is 45.0 Å². The van der Waals surface area contributed by atoms with Gasteiger partial charge in [-0.25, -0.2) is 22.2 Å². The van der Waals surface area contributed by atoms with Crippen LogP contribution in [0.15, 0.2) is 32.5 Å². The molecule has 1 unspecified atom stereocenters. The number of halogens is 6. The quantitative estimate of drug-likeness (QED) is 0.301. The van der Waals surface area contributed by atoms with Gasteiger partial charge < -0.3 is 4.55 Å². The molecule has 17 heteroatoms. The SMILES string of the molecule is Cc1nc(S(=O)(=O)CCC(F)=C(F)F)sc1C#N.Cc1nc([S+]([O-])CCC(F)=C(F)F)sc1C#N. The van der Waals surface area contributed by atoms with Crippen LogP contribution < -0.4 is 0 Å². The van der Waals surface area contributed by atoms with Gasteiger partial charge in [0.05, 0.1) is 23.6 Å². The smallest absolute Gasteiger partial charge is 0.303 e. The van der Waals surface area contributed by atoms with E-state index in [4.69, 9.17) is 10.5 Å². The Hall–Kier alpha value is -2.44. The van der Waals surface area contributed by atoms with Crippen LogP contribution in [0, 0.1) is 36.5 Å². The third kappa shape index (κ3) is 9.26. The first kappa shape index (κ1) is 30.6. The molecule has 2 aromatic rings. The topological polar surface area (TPSA) is 131 Å². The molecular formula is C18H14F6N4O3S4. The molecule has 0 amide bonds. The van der Waals surface area contributed by atoms with Crippen molar-refractivity contribution in [3.63, 3.8) is 0 Å². The fraction of sp³-hybridized carbons (Fsp3) is 0.333. The minimum absolute atomic E-state index is 0.126. The van der Waals surface area contributed by atoms with Crippen LogP contribution in [0.25, 0.3) is 0 Å². The van der Waals surface area contributed by atoms with E-state index in [1.165, 1.54) is 6.92 Å². The Morgan fingerprint density at radius 1 is 0.914 bits per heavy atom. The zero-order valence-electron chi connectivity index (χ0n) is 17.7. The van der Waals surface area contributed by atoms with Gasteiger partial charge in [0, 0.05) is 17.6 Å². The minimum Gasteiger partial charge on any atom is -0.610 e. The number of aryl methyl sites for hydroxylation is 2. The number of nitriles is 2. The minimum atomic E-state index is -3.95. The van der Waals surface area contributed by atoms with E-state index in [1.54, 1.807) is 13.0 Å². The second kappa shape index (κ2) is 13.6. The Balaban J connectivity index is 0.000000351. The van der Waals surface area contributed by atoms with E-state index in [2.05, 4.69) is 9.97 Å². The van der Waals surface area contributed by atoms with E-state index in [-0.39, 0.29) is 25.0 Å². The largest absolute Gasteiger partial charge is 0.610 e. The lowest BCUT2D eigenvalue weighted by atomic mass is 10.4. The molecule has 0 saturated heterocycles. The molecule has 0 aliphatic carbocycles. The van der Waals surface area contributed by atoms with Crippen molar-refractivity contribution in [1.29, 1.82) is 10.5 Å². The summed E-state index contributed by atoms with van der Waals surface area (Å²) in [6, 6.07) is 3.63. The van der Waals surface area contributed by atoms with Gasteiger partial charge in [-0.05, 0) is 13.8 Å². The van der Waals surface area contributed by atoms with Crippen molar-refractivity contribution >= 4 is 43.7 Å². The summed E-state index contributed by atoms with van der Waals surface area (Å²) in [7, 11) is -3.95. The number of hydrogen-bond donors (Lipinski definition) is 0. The molecule has 0 bridgehead atoms. The standard InChI is InChI=1S/C9H7F3N2O2S2.C9H7F3N2OS2/c1-5-7(4-13)17-9(14-5)18(15,16)3-2-6(10)8(11)12;1-5-7(4-13)16-9(14-5)17(15)3-2-6(10)8(11)12/h2-3H2,1H3;2-3H2,1H3. The van der Waals surface area contributed by atoms with E-state index < -0.39 is 63.4 Å². The molecular weight excluding hydrogens is 562 g/mol. The van der Waals surface area contributed by atoms with Crippen molar-refractivity contribution in [1.82, 2.24) is 9.97 Å². The molecule has 7 nitrogen and oxygen atoms in total. The highest BCUT2D eigenvalue weighted by Crippen LogP contribution is 2.25. The average molecular weight is 577 g/mol. The third-order valence-corrected chi connectivity index (χ3v) is 9.68. The highest BCUT2D eigenvalue weighted by Gasteiger charge is 2.23. The first-order valence-corrected chi connectivity index (χ1v) is 13.6. The van der Waals surface area contributed by atoms with Crippen LogP contribution in [0.5, 0.6) is 0 Å². The molecule has 0 aliphatic rings. The van der Waals surface area contributed by atoms with Gasteiger partial charge in [0.25, 0.3) is 0 Å². The van der Waals surface area contributed by atoms with Crippen LogP contribution in [-0.2, 0) is 21.0 Å². The van der Waals surface area contributed by atoms with Crippen LogP contribution in [0.4, 0.5) is 26.3 Å². The molecule has 0 saturated carbocycles. The Labute approximate surface area is 207 Å². The Kier molecular flexibility index (Phi) is 11.9. The van der Waals surface area contributed by atoms with Crippen LogP contribution in [0.1, 0.15) is 34.0 Å². The monoisotopic (exact) mass is 576 g/mol. The van der Waals surface area contributed by atoms with Crippen molar-refractivity contribution in [3.8, 4) is 12.1 Å². The zero-order chi connectivity index (χ0) is 26.9. The molecule has 35 heavy (non-hydrogen) atoms. The molecule has 0 aromatic carbocycles. The molecule has 0 fully saturated rings. The summed E-state index contributed by atoms with van der Waals surface area (Å²) in [4.78, 5) is 7.98. The van der Waals surface area contributed by atoms with Gasteiger partial charge in [0.2, 0.25) is 14.2 Å². The van der Waals surface area contributed by atoms with Gasteiger partial charge in [-0.2, -0.15) is 33.1 Å². The van der Waals surface area contributed by atoms with Crippen LogP contribution in [-0.4, -0.2) is 34.4 Å². The number of sulfone groups is 1. The molecule has 0 N–H and O–H groups in total. The van der Waals surface area contributed by atoms with Crippen molar-refractivity contribution < 1.29 is 39.3 Å². The van der Waals surface area contributed by atoms with E-state index in [0.29, 0.717) is 21.9 Å². The van der Waals surface area contributed by atoms with Gasteiger partial charge >= 0.3 is 16.5 Å². The maximum absolute atomic E-state index is 12.5. The van der Waals surface area contributed by atoms with E-state index in [0.717, 1.165) is 11.3 Å². The van der Waals surface area contributed by atoms with Crippen molar-refractivity contribution in [2.45, 2.75) is 35.4 Å². The molecule has 0 radical (unpaired) electrons. The normalized spacial score (nSPS) is 11.5. The van der Waals surface area contributed by atoms with Gasteiger partial charge in [-0.3, -0.25) is 0 Å². The molecule has 1 atom stereocenters. The number of allylic oxidation sites excluding steroid dienone is 2. The molecule has 2 heterocycles. The zero-order valence-corrected chi connectivity index (χ0v) is 21.0. The number of nitrogens with zero attached hydrogens (tertiary/aromatic N) is 4. The summed E-state index contributed by atoms with van der Waals surface area (Å²) in [5.41, 5.74) is 0.683. The Morgan fingerprint density at radius 2 is 1.40 bits per heavy atom. The van der Waals surface area contributed by atoms with Gasteiger partial charge in [-0.1, -0.05) is 22.7 Å². The van der Waals surface area contributed by atoms with Crippen LogP contribution in [0.3, 0.4) is 0 Å². The Morgan fingerprint density at radius 3 is 1.86 bits per heavy atom. The first-order valence-electron chi connectivity index (χ1n) is 8.98. The van der Waals surface area contributed by atoms with Gasteiger partial charge in [-0.15, -0.1) is 0 Å². The van der Waals surface area contributed by atoms with Crippen LogP contribution >= 0.6 is 22.7 Å². The van der Waals surface area contributed by atoms with E-state index >= 15 is 0 Å². The predicted octanol–water partition coefficient (Wildman–Crippen LogP) is 5.46. The molecule has 190 valence electrons. The molecule has 0 spiro atoms. The van der Waals surface area contributed by atoms with Gasteiger partial charge in [0.15, 0.2) is 11.7 Å². The summed E-state index contributed by atoms with van der Waals surface area (Å²) in [6.45, 7) is 3.03. The number of aromatic nitrogens is 2.